The topological polar surface area (TPSA) is 84.7 Å². The number of nitrogens with zero attached hydrogens (tertiary/aromatic N) is 1. The van der Waals surface area contributed by atoms with Crippen LogP contribution >= 0.6 is 0 Å². The second kappa shape index (κ2) is 6.58. The van der Waals surface area contributed by atoms with E-state index in [0.29, 0.717) is 37.6 Å². The minimum Gasteiger partial charge on any atom is -0.398 e. The van der Waals surface area contributed by atoms with Crippen LogP contribution in [0.3, 0.4) is 0 Å². The first-order chi connectivity index (χ1) is 10.0. The Bertz CT molecular complexity index is 539. The third-order valence-corrected chi connectivity index (χ3v) is 3.61. The number of amides is 2. The average molecular weight is 291 g/mol. The summed E-state index contributed by atoms with van der Waals surface area (Å²) in [4.78, 5) is 26.2. The van der Waals surface area contributed by atoms with Gasteiger partial charge in [0, 0.05) is 18.8 Å². The highest BCUT2D eigenvalue weighted by Gasteiger charge is 2.24. The number of hydrogen-bond donors (Lipinski definition) is 2. The molecule has 1 fully saturated rings. The number of ether oxygens (including phenoxy) is 1. The van der Waals surface area contributed by atoms with Gasteiger partial charge in [-0.15, -0.1) is 0 Å². The van der Waals surface area contributed by atoms with E-state index < -0.39 is 6.04 Å². The number of anilines is 1. The lowest BCUT2D eigenvalue weighted by Crippen LogP contribution is -2.50. The number of nitrogen functional groups attached to an aromatic ring is 1. The van der Waals surface area contributed by atoms with Crippen LogP contribution in [0.1, 0.15) is 22.8 Å². The first-order valence-corrected chi connectivity index (χ1v) is 7.03. The summed E-state index contributed by atoms with van der Waals surface area (Å²) < 4.78 is 5.21. The quantitative estimate of drug-likeness (QED) is 0.797. The molecule has 1 atom stereocenters. The van der Waals surface area contributed by atoms with E-state index >= 15 is 0 Å². The van der Waals surface area contributed by atoms with Crippen molar-refractivity contribution in [1.82, 2.24) is 10.2 Å². The van der Waals surface area contributed by atoms with E-state index in [4.69, 9.17) is 10.5 Å². The molecule has 3 N–H and O–H groups in total. The van der Waals surface area contributed by atoms with Crippen LogP contribution in [0.15, 0.2) is 18.2 Å². The summed E-state index contributed by atoms with van der Waals surface area (Å²) in [6, 6.07) is 4.68. The second-order valence-electron chi connectivity index (χ2n) is 5.17. The van der Waals surface area contributed by atoms with Crippen LogP contribution in [0.5, 0.6) is 0 Å². The van der Waals surface area contributed by atoms with Gasteiger partial charge in [-0.1, -0.05) is 12.1 Å². The largest absolute Gasteiger partial charge is 0.398 e. The first kappa shape index (κ1) is 15.3. The minimum absolute atomic E-state index is 0.0992. The molecule has 6 heteroatoms. The fraction of sp³-hybridized carbons (Fsp3) is 0.467. The summed E-state index contributed by atoms with van der Waals surface area (Å²) in [5.74, 6) is -0.428. The lowest BCUT2D eigenvalue weighted by atomic mass is 10.1. The molecule has 1 aromatic carbocycles. The fourth-order valence-corrected chi connectivity index (χ4v) is 2.27. The van der Waals surface area contributed by atoms with Gasteiger partial charge in [0.05, 0.1) is 18.8 Å². The number of aryl methyl sites for hydroxylation is 1. The van der Waals surface area contributed by atoms with Crippen molar-refractivity contribution in [3.63, 3.8) is 0 Å². The maximum absolute atomic E-state index is 12.2. The number of benzene rings is 1. The van der Waals surface area contributed by atoms with Gasteiger partial charge in [-0.2, -0.15) is 0 Å². The maximum Gasteiger partial charge on any atom is 0.254 e. The van der Waals surface area contributed by atoms with Gasteiger partial charge in [0.25, 0.3) is 5.91 Å². The highest BCUT2D eigenvalue weighted by atomic mass is 16.5. The van der Waals surface area contributed by atoms with Gasteiger partial charge in [0.1, 0.15) is 6.04 Å². The van der Waals surface area contributed by atoms with Crippen molar-refractivity contribution >= 4 is 17.5 Å². The minimum atomic E-state index is -0.587. The molecule has 1 aliphatic heterocycles. The van der Waals surface area contributed by atoms with Gasteiger partial charge in [-0.3, -0.25) is 9.59 Å². The smallest absolute Gasteiger partial charge is 0.254 e. The van der Waals surface area contributed by atoms with Gasteiger partial charge in [-0.25, -0.2) is 0 Å². The Morgan fingerprint density at radius 1 is 1.33 bits per heavy atom. The monoisotopic (exact) mass is 291 g/mol. The molecule has 0 bridgehead atoms. The summed E-state index contributed by atoms with van der Waals surface area (Å²) in [7, 11) is 0. The summed E-state index contributed by atoms with van der Waals surface area (Å²) >= 11 is 0. The molecule has 114 valence electrons. The van der Waals surface area contributed by atoms with Gasteiger partial charge in [0.15, 0.2) is 0 Å². The number of carbonyl (C=O) groups excluding carboxylic acids is 2. The maximum atomic E-state index is 12.2. The first-order valence-electron chi connectivity index (χ1n) is 7.03. The predicted molar refractivity (Wildman–Crippen MR) is 79.9 cm³/mol. The zero-order chi connectivity index (χ0) is 15.4. The molecule has 2 rings (SSSR count). The molecule has 2 amide bonds. The van der Waals surface area contributed by atoms with Crippen molar-refractivity contribution in [2.75, 3.05) is 32.0 Å². The Labute approximate surface area is 124 Å². The van der Waals surface area contributed by atoms with Crippen molar-refractivity contribution in [1.29, 1.82) is 0 Å². The molecular formula is C15H21N3O3. The van der Waals surface area contributed by atoms with E-state index in [0.717, 1.165) is 5.56 Å². The number of rotatable bonds is 3. The Kier molecular flexibility index (Phi) is 4.80. The lowest BCUT2D eigenvalue weighted by Gasteiger charge is -2.29. The van der Waals surface area contributed by atoms with E-state index in [9.17, 15) is 9.59 Å². The van der Waals surface area contributed by atoms with Gasteiger partial charge in [-0.05, 0) is 25.5 Å². The Morgan fingerprint density at radius 3 is 2.67 bits per heavy atom. The van der Waals surface area contributed by atoms with Crippen LogP contribution in [-0.2, 0) is 9.53 Å². The van der Waals surface area contributed by atoms with Crippen molar-refractivity contribution in [3.8, 4) is 0 Å². The molecule has 0 aliphatic carbocycles. The van der Waals surface area contributed by atoms with E-state index in [2.05, 4.69) is 5.32 Å². The molecule has 0 saturated carbocycles. The molecule has 1 saturated heterocycles. The molecule has 1 heterocycles. The van der Waals surface area contributed by atoms with Gasteiger partial charge in [0.2, 0.25) is 5.91 Å². The lowest BCUT2D eigenvalue weighted by molar-refractivity contribution is -0.136. The van der Waals surface area contributed by atoms with E-state index in [1.165, 1.54) is 0 Å². The molecule has 0 radical (unpaired) electrons. The van der Waals surface area contributed by atoms with Crippen molar-refractivity contribution in [2.24, 2.45) is 0 Å². The molecule has 1 aliphatic rings. The van der Waals surface area contributed by atoms with Crippen molar-refractivity contribution in [2.45, 2.75) is 19.9 Å². The molecule has 6 nitrogen and oxygen atoms in total. The summed E-state index contributed by atoms with van der Waals surface area (Å²) in [6.07, 6.45) is 0. The van der Waals surface area contributed by atoms with Gasteiger partial charge < -0.3 is 20.7 Å². The average Bonchev–Trinajstić information content (AvgIpc) is 2.50. The fourth-order valence-electron chi connectivity index (χ4n) is 2.27. The number of nitrogens with one attached hydrogen (secondary N) is 1. The number of nitrogens with two attached hydrogens (primary N) is 1. The highest BCUT2D eigenvalue weighted by Crippen LogP contribution is 2.16. The normalized spacial score (nSPS) is 16.4. The van der Waals surface area contributed by atoms with Crippen LogP contribution in [0.2, 0.25) is 0 Å². The summed E-state index contributed by atoms with van der Waals surface area (Å²) in [5.41, 5.74) is 7.59. The molecule has 0 spiro atoms. The number of morpholine rings is 1. The molecular weight excluding hydrogens is 270 g/mol. The van der Waals surface area contributed by atoms with E-state index in [1.807, 2.05) is 13.0 Å². The molecule has 0 aromatic heterocycles. The third-order valence-electron chi connectivity index (χ3n) is 3.61. The summed E-state index contributed by atoms with van der Waals surface area (Å²) in [5, 5.41) is 2.71. The number of hydrogen-bond acceptors (Lipinski definition) is 4. The van der Waals surface area contributed by atoms with E-state index in [1.54, 1.807) is 24.0 Å². The van der Waals surface area contributed by atoms with Crippen molar-refractivity contribution in [3.05, 3.63) is 29.3 Å². The summed E-state index contributed by atoms with van der Waals surface area (Å²) in [6.45, 7) is 5.72. The Morgan fingerprint density at radius 2 is 2.00 bits per heavy atom. The Hall–Kier alpha value is -2.08. The number of carbonyl (C=O) groups is 2. The second-order valence-corrected chi connectivity index (χ2v) is 5.17. The van der Waals surface area contributed by atoms with E-state index in [-0.39, 0.29) is 11.8 Å². The molecule has 21 heavy (non-hydrogen) atoms. The number of para-hydroxylation sites is 1. The zero-order valence-corrected chi connectivity index (χ0v) is 12.4. The van der Waals surface area contributed by atoms with Crippen LogP contribution in [0.25, 0.3) is 0 Å². The Balaban J connectivity index is 2.01. The SMILES string of the molecule is Cc1cccc(C(=O)NC(C)C(=O)N2CCOCC2)c1N. The molecule has 1 aromatic rings. The predicted octanol–water partition coefficient (Wildman–Crippen LogP) is 0.554. The van der Waals surface area contributed by atoms with Crippen LogP contribution in [0, 0.1) is 6.92 Å². The molecule has 1 unspecified atom stereocenters. The standard InChI is InChI=1S/C15H21N3O3/c1-10-4-3-5-12(13(10)16)14(19)17-11(2)15(20)18-6-8-21-9-7-18/h3-5,11H,6-9,16H2,1-2H3,(H,17,19). The van der Waals surface area contributed by atoms with Crippen molar-refractivity contribution < 1.29 is 14.3 Å². The van der Waals surface area contributed by atoms with Crippen LogP contribution in [0.4, 0.5) is 5.69 Å². The van der Waals surface area contributed by atoms with Gasteiger partial charge >= 0.3 is 0 Å². The van der Waals surface area contributed by atoms with Crippen LogP contribution < -0.4 is 11.1 Å². The zero-order valence-electron chi connectivity index (χ0n) is 12.4. The third kappa shape index (κ3) is 3.52. The highest BCUT2D eigenvalue weighted by molar-refractivity contribution is 6.01. The van der Waals surface area contributed by atoms with Crippen LogP contribution in [-0.4, -0.2) is 49.1 Å².